The van der Waals surface area contributed by atoms with Crippen LogP contribution in [0.2, 0.25) is 0 Å². The Kier molecular flexibility index (Phi) is 1.86. The highest BCUT2D eigenvalue weighted by Gasteiger charge is 2.11. The first-order chi connectivity index (χ1) is 7.33. The molecule has 1 N–H and O–H groups in total. The van der Waals surface area contributed by atoms with Gasteiger partial charge in [-0.1, -0.05) is 6.08 Å². The number of halogens is 1. The van der Waals surface area contributed by atoms with Crippen molar-refractivity contribution in [2.45, 2.75) is 0 Å². The molecule has 0 spiro atoms. The largest absolute Gasteiger partial charge is 0.456 e. The molecule has 0 bridgehead atoms. The van der Waals surface area contributed by atoms with E-state index in [0.717, 1.165) is 35.4 Å². The van der Waals surface area contributed by atoms with E-state index in [1.165, 1.54) is 12.1 Å². The van der Waals surface area contributed by atoms with Gasteiger partial charge in [-0.3, -0.25) is 0 Å². The molecular formula is C12H10FNO. The third-order valence-corrected chi connectivity index (χ3v) is 2.60. The molecule has 0 amide bonds. The molecule has 2 aromatic rings. The number of nitrogens with one attached hydrogen (secondary N) is 1. The minimum Gasteiger partial charge on any atom is -0.456 e. The number of benzene rings is 1. The van der Waals surface area contributed by atoms with Gasteiger partial charge in [0.2, 0.25) is 0 Å². The maximum Gasteiger partial charge on any atom is 0.135 e. The molecule has 1 aliphatic rings. The van der Waals surface area contributed by atoms with Crippen molar-refractivity contribution in [2.75, 3.05) is 13.1 Å². The summed E-state index contributed by atoms with van der Waals surface area (Å²) in [5, 5.41) is 4.02. The predicted octanol–water partition coefficient (Wildman–Crippen LogP) is 2.56. The molecule has 1 aliphatic heterocycles. The molecule has 1 aromatic carbocycles. The lowest BCUT2D eigenvalue weighted by Gasteiger charge is -1.93. The van der Waals surface area contributed by atoms with Crippen LogP contribution in [0, 0.1) is 5.82 Å². The standard InChI is InChI=1S/C12H10FNO/c13-10-1-2-11-9(5-10)6-12(15-11)8-3-4-14-7-8/h1-3,5-6,14H,4,7H2. The van der Waals surface area contributed by atoms with E-state index in [2.05, 4.69) is 11.4 Å². The van der Waals surface area contributed by atoms with Gasteiger partial charge in [0.05, 0.1) is 0 Å². The SMILES string of the molecule is Fc1ccc2oc(C3=CCNC3)cc2c1. The van der Waals surface area contributed by atoms with Gasteiger partial charge in [-0.15, -0.1) is 0 Å². The fraction of sp³-hybridized carbons (Fsp3) is 0.167. The van der Waals surface area contributed by atoms with E-state index in [4.69, 9.17) is 4.42 Å². The smallest absolute Gasteiger partial charge is 0.135 e. The van der Waals surface area contributed by atoms with Gasteiger partial charge in [-0.25, -0.2) is 4.39 Å². The molecule has 0 saturated heterocycles. The van der Waals surface area contributed by atoms with Crippen molar-refractivity contribution < 1.29 is 8.81 Å². The lowest BCUT2D eigenvalue weighted by molar-refractivity contribution is 0.594. The Hall–Kier alpha value is -1.61. The molecule has 0 radical (unpaired) electrons. The molecule has 0 fully saturated rings. The van der Waals surface area contributed by atoms with Crippen molar-refractivity contribution in [3.05, 3.63) is 41.9 Å². The summed E-state index contributed by atoms with van der Waals surface area (Å²) in [6.07, 6.45) is 2.09. The van der Waals surface area contributed by atoms with Crippen LogP contribution in [0.25, 0.3) is 16.5 Å². The van der Waals surface area contributed by atoms with Gasteiger partial charge in [0.25, 0.3) is 0 Å². The second-order valence-electron chi connectivity index (χ2n) is 3.65. The summed E-state index contributed by atoms with van der Waals surface area (Å²) in [7, 11) is 0. The molecule has 76 valence electrons. The van der Waals surface area contributed by atoms with E-state index < -0.39 is 0 Å². The van der Waals surface area contributed by atoms with Crippen LogP contribution in [0.15, 0.2) is 34.8 Å². The first-order valence-corrected chi connectivity index (χ1v) is 4.92. The van der Waals surface area contributed by atoms with Crippen LogP contribution < -0.4 is 5.32 Å². The molecule has 0 saturated carbocycles. The van der Waals surface area contributed by atoms with Crippen LogP contribution in [0.3, 0.4) is 0 Å². The highest BCUT2D eigenvalue weighted by molar-refractivity contribution is 5.82. The van der Waals surface area contributed by atoms with Crippen molar-refractivity contribution in [3.8, 4) is 0 Å². The Morgan fingerprint density at radius 2 is 2.20 bits per heavy atom. The number of furan rings is 1. The molecule has 15 heavy (non-hydrogen) atoms. The highest BCUT2D eigenvalue weighted by atomic mass is 19.1. The van der Waals surface area contributed by atoms with Crippen LogP contribution in [0.5, 0.6) is 0 Å². The topological polar surface area (TPSA) is 25.2 Å². The van der Waals surface area contributed by atoms with Crippen molar-refractivity contribution in [3.63, 3.8) is 0 Å². The summed E-state index contributed by atoms with van der Waals surface area (Å²) in [6, 6.07) is 6.45. The second-order valence-corrected chi connectivity index (χ2v) is 3.65. The number of hydrogen-bond acceptors (Lipinski definition) is 2. The monoisotopic (exact) mass is 203 g/mol. The van der Waals surface area contributed by atoms with E-state index in [1.807, 2.05) is 6.07 Å². The van der Waals surface area contributed by atoms with Crippen LogP contribution >= 0.6 is 0 Å². The van der Waals surface area contributed by atoms with E-state index in [0.29, 0.717) is 0 Å². The van der Waals surface area contributed by atoms with Gasteiger partial charge in [0.1, 0.15) is 17.2 Å². The van der Waals surface area contributed by atoms with Gasteiger partial charge in [-0.2, -0.15) is 0 Å². The van der Waals surface area contributed by atoms with Crippen LogP contribution in [-0.2, 0) is 0 Å². The fourth-order valence-corrected chi connectivity index (χ4v) is 1.83. The van der Waals surface area contributed by atoms with Gasteiger partial charge < -0.3 is 9.73 Å². The maximum absolute atomic E-state index is 13.0. The molecule has 3 rings (SSSR count). The molecule has 0 unspecified atom stereocenters. The minimum absolute atomic E-state index is 0.228. The molecular weight excluding hydrogens is 193 g/mol. The Morgan fingerprint density at radius 1 is 1.27 bits per heavy atom. The third kappa shape index (κ3) is 1.45. The average molecular weight is 203 g/mol. The minimum atomic E-state index is -0.228. The fourth-order valence-electron chi connectivity index (χ4n) is 1.83. The predicted molar refractivity (Wildman–Crippen MR) is 57.0 cm³/mol. The first-order valence-electron chi connectivity index (χ1n) is 4.92. The zero-order chi connectivity index (χ0) is 10.3. The Balaban J connectivity index is 2.13. The molecule has 2 nitrogen and oxygen atoms in total. The zero-order valence-electron chi connectivity index (χ0n) is 8.09. The Labute approximate surface area is 86.4 Å². The van der Waals surface area contributed by atoms with Crippen LogP contribution in [0.4, 0.5) is 4.39 Å². The molecule has 3 heteroatoms. The van der Waals surface area contributed by atoms with Gasteiger partial charge >= 0.3 is 0 Å². The average Bonchev–Trinajstić information content (AvgIpc) is 2.84. The second kappa shape index (κ2) is 3.21. The van der Waals surface area contributed by atoms with Gasteiger partial charge in [0, 0.05) is 24.0 Å². The summed E-state index contributed by atoms with van der Waals surface area (Å²) in [6.45, 7) is 1.70. The van der Waals surface area contributed by atoms with Crippen LogP contribution in [-0.4, -0.2) is 13.1 Å². The van der Waals surface area contributed by atoms with Crippen molar-refractivity contribution in [1.82, 2.24) is 5.32 Å². The van der Waals surface area contributed by atoms with Crippen molar-refractivity contribution in [2.24, 2.45) is 0 Å². The molecule has 1 aromatic heterocycles. The first kappa shape index (κ1) is 8.68. The molecule has 0 aliphatic carbocycles. The van der Waals surface area contributed by atoms with Crippen molar-refractivity contribution in [1.29, 1.82) is 0 Å². The van der Waals surface area contributed by atoms with E-state index in [-0.39, 0.29) is 5.82 Å². The highest BCUT2D eigenvalue weighted by Crippen LogP contribution is 2.25. The summed E-state index contributed by atoms with van der Waals surface area (Å²) in [4.78, 5) is 0. The van der Waals surface area contributed by atoms with Crippen molar-refractivity contribution >= 4 is 16.5 Å². The molecule has 0 atom stereocenters. The zero-order valence-corrected chi connectivity index (χ0v) is 8.09. The lowest BCUT2D eigenvalue weighted by atomic mass is 10.2. The van der Waals surface area contributed by atoms with Gasteiger partial charge in [-0.05, 0) is 24.3 Å². The summed E-state index contributed by atoms with van der Waals surface area (Å²) in [5.41, 5.74) is 1.88. The number of fused-ring (bicyclic) bond motifs is 1. The Bertz CT molecular complexity index is 542. The normalized spacial score (nSPS) is 15.9. The van der Waals surface area contributed by atoms with Crippen LogP contribution in [0.1, 0.15) is 5.76 Å². The van der Waals surface area contributed by atoms with Gasteiger partial charge in [0.15, 0.2) is 0 Å². The maximum atomic E-state index is 13.0. The third-order valence-electron chi connectivity index (χ3n) is 2.60. The number of rotatable bonds is 1. The summed E-state index contributed by atoms with van der Waals surface area (Å²) in [5.74, 6) is 0.606. The van der Waals surface area contributed by atoms with E-state index >= 15 is 0 Å². The Morgan fingerprint density at radius 3 is 3.00 bits per heavy atom. The quantitative estimate of drug-likeness (QED) is 0.770. The molecule has 2 heterocycles. The lowest BCUT2D eigenvalue weighted by Crippen LogP contribution is -2.07. The summed E-state index contributed by atoms with van der Waals surface area (Å²) >= 11 is 0. The van der Waals surface area contributed by atoms with E-state index in [9.17, 15) is 4.39 Å². The van der Waals surface area contributed by atoms with E-state index in [1.54, 1.807) is 6.07 Å². The summed E-state index contributed by atoms with van der Waals surface area (Å²) < 4.78 is 18.6. The number of hydrogen-bond donors (Lipinski definition) is 1.